The molecule has 0 saturated heterocycles. The molecule has 4 nitrogen and oxygen atoms in total. The SMILES string of the molecule is CCCCCCCCN(CCCC[Si](OC(C)C)(OC(C)C)OC(C)C)C(=S)[S-]. The molecule has 0 aliphatic carbocycles. The number of hydrogen-bond acceptors (Lipinski definition) is 5. The molecule has 0 atom stereocenters. The Labute approximate surface area is 193 Å². The molecule has 0 aromatic carbocycles. The maximum Gasteiger partial charge on any atom is 0.501 e. The highest BCUT2D eigenvalue weighted by Gasteiger charge is 2.43. The minimum atomic E-state index is -2.71. The van der Waals surface area contributed by atoms with Crippen molar-refractivity contribution >= 4 is 38.0 Å². The van der Waals surface area contributed by atoms with Crippen LogP contribution < -0.4 is 0 Å². The van der Waals surface area contributed by atoms with Crippen molar-refractivity contribution in [3.63, 3.8) is 0 Å². The second-order valence-corrected chi connectivity index (χ2v) is 12.3. The maximum atomic E-state index is 6.26. The minimum Gasteiger partial charge on any atom is -0.411 e. The third-order valence-electron chi connectivity index (χ3n) is 4.45. The lowest BCUT2D eigenvalue weighted by Gasteiger charge is -2.35. The molecule has 29 heavy (non-hydrogen) atoms. The fraction of sp³-hybridized carbons (Fsp3) is 0.955. The average Bonchev–Trinajstić information content (AvgIpc) is 2.57. The third kappa shape index (κ3) is 15.6. The van der Waals surface area contributed by atoms with E-state index >= 15 is 0 Å². The summed E-state index contributed by atoms with van der Waals surface area (Å²) in [6.45, 7) is 16.4. The van der Waals surface area contributed by atoms with Crippen LogP contribution in [0.4, 0.5) is 0 Å². The zero-order valence-electron chi connectivity index (χ0n) is 20.0. The van der Waals surface area contributed by atoms with Crippen molar-refractivity contribution in [2.45, 2.75) is 124 Å². The first-order valence-corrected chi connectivity index (χ1v) is 14.4. The second-order valence-electron chi connectivity index (χ2n) is 8.66. The summed E-state index contributed by atoms with van der Waals surface area (Å²) in [4.78, 5) is 2.18. The third-order valence-corrected chi connectivity index (χ3v) is 8.42. The minimum absolute atomic E-state index is 0.0867. The van der Waals surface area contributed by atoms with Crippen LogP contribution in [0.3, 0.4) is 0 Å². The number of unbranched alkanes of at least 4 members (excludes halogenated alkanes) is 6. The summed E-state index contributed by atoms with van der Waals surface area (Å²) in [5.41, 5.74) is 0. The highest BCUT2D eigenvalue weighted by atomic mass is 32.1. The number of nitrogens with zero attached hydrogens (tertiary/aromatic N) is 1. The fourth-order valence-corrected chi connectivity index (χ4v) is 7.08. The molecule has 0 aliphatic heterocycles. The molecule has 174 valence electrons. The molecule has 0 heterocycles. The summed E-state index contributed by atoms with van der Waals surface area (Å²) in [5.74, 6) is 0. The van der Waals surface area contributed by atoms with Gasteiger partial charge in [0, 0.05) is 37.4 Å². The van der Waals surface area contributed by atoms with E-state index in [1.54, 1.807) is 0 Å². The van der Waals surface area contributed by atoms with Crippen molar-refractivity contribution in [1.29, 1.82) is 0 Å². The summed E-state index contributed by atoms with van der Waals surface area (Å²) in [5, 5.41) is 0. The van der Waals surface area contributed by atoms with Gasteiger partial charge >= 0.3 is 8.80 Å². The fourth-order valence-electron chi connectivity index (χ4n) is 3.36. The van der Waals surface area contributed by atoms with Crippen molar-refractivity contribution < 1.29 is 13.3 Å². The van der Waals surface area contributed by atoms with Crippen LogP contribution in [0.25, 0.3) is 0 Å². The van der Waals surface area contributed by atoms with Gasteiger partial charge in [-0.05, 0) is 60.8 Å². The van der Waals surface area contributed by atoms with Crippen molar-refractivity contribution in [1.82, 2.24) is 4.90 Å². The average molecular weight is 465 g/mol. The van der Waals surface area contributed by atoms with Crippen LogP contribution in [0.1, 0.15) is 99.8 Å². The molecule has 0 aromatic heterocycles. The van der Waals surface area contributed by atoms with E-state index in [1.807, 2.05) is 41.5 Å². The van der Waals surface area contributed by atoms with Gasteiger partial charge in [-0.15, -0.1) is 0 Å². The zero-order valence-corrected chi connectivity index (χ0v) is 22.6. The van der Waals surface area contributed by atoms with E-state index in [1.165, 1.54) is 38.5 Å². The predicted octanol–water partition coefficient (Wildman–Crippen LogP) is 6.47. The largest absolute Gasteiger partial charge is 0.501 e. The Morgan fingerprint density at radius 1 is 0.759 bits per heavy atom. The standard InChI is InChI=1S/C22H47NO3S2Si/c1-8-9-10-11-12-13-16-23(22(27)28)17-14-15-18-29(24-19(2)3,25-20(4)5)26-21(6)7/h19-21H,8-18H2,1-7H3,(H,27,28)/p-1. The van der Waals surface area contributed by atoms with Crippen LogP contribution in [0.2, 0.25) is 6.04 Å². The second kappa shape index (κ2) is 16.8. The molecular weight excluding hydrogens is 418 g/mol. The zero-order chi connectivity index (χ0) is 22.3. The molecule has 0 spiro atoms. The molecule has 0 aromatic rings. The highest BCUT2D eigenvalue weighted by Crippen LogP contribution is 2.24. The summed E-state index contributed by atoms with van der Waals surface area (Å²) < 4.78 is 19.4. The monoisotopic (exact) mass is 464 g/mol. The molecule has 0 saturated carbocycles. The van der Waals surface area contributed by atoms with Crippen LogP contribution in [0.5, 0.6) is 0 Å². The lowest BCUT2D eigenvalue weighted by Crippen LogP contribution is -2.50. The number of hydrogen-bond donors (Lipinski definition) is 0. The van der Waals surface area contributed by atoms with Gasteiger partial charge in [0.05, 0.1) is 0 Å². The van der Waals surface area contributed by atoms with Gasteiger partial charge in [-0.3, -0.25) is 0 Å². The Balaban J connectivity index is 4.57. The highest BCUT2D eigenvalue weighted by molar-refractivity contribution is 8.00. The predicted molar refractivity (Wildman–Crippen MR) is 133 cm³/mol. The molecule has 0 fully saturated rings. The van der Waals surface area contributed by atoms with Crippen molar-refractivity contribution in [3.8, 4) is 0 Å². The van der Waals surface area contributed by atoms with Crippen LogP contribution in [0, 0.1) is 0 Å². The summed E-state index contributed by atoms with van der Waals surface area (Å²) in [7, 11) is -2.71. The van der Waals surface area contributed by atoms with Crippen molar-refractivity contribution in [2.75, 3.05) is 13.1 Å². The lowest BCUT2D eigenvalue weighted by molar-refractivity contribution is 0.00276. The van der Waals surface area contributed by atoms with Gasteiger partial charge in [0.15, 0.2) is 0 Å². The normalized spacial score (nSPS) is 12.3. The molecule has 0 radical (unpaired) electrons. The van der Waals surface area contributed by atoms with Gasteiger partial charge in [0.2, 0.25) is 0 Å². The smallest absolute Gasteiger partial charge is 0.411 e. The van der Waals surface area contributed by atoms with Crippen molar-refractivity contribution in [3.05, 3.63) is 0 Å². The first kappa shape index (κ1) is 29.2. The molecule has 0 N–H and O–H groups in total. The van der Waals surface area contributed by atoms with E-state index < -0.39 is 8.80 Å². The molecule has 0 unspecified atom stereocenters. The molecule has 0 amide bonds. The quantitative estimate of drug-likeness (QED) is 0.0999. The van der Waals surface area contributed by atoms with Crippen LogP contribution in [-0.4, -0.2) is 49.4 Å². The Kier molecular flexibility index (Phi) is 17.0. The Bertz CT molecular complexity index is 396. The van der Waals surface area contributed by atoms with Gasteiger partial charge in [-0.25, -0.2) is 0 Å². The van der Waals surface area contributed by atoms with E-state index in [4.69, 9.17) is 38.1 Å². The summed E-state index contributed by atoms with van der Waals surface area (Å²) >= 11 is 10.6. The Hall–Kier alpha value is 0.207. The molecule has 0 bridgehead atoms. The van der Waals surface area contributed by atoms with E-state index in [-0.39, 0.29) is 18.3 Å². The number of thiocarbonyl (C=S) groups is 1. The Morgan fingerprint density at radius 2 is 1.17 bits per heavy atom. The van der Waals surface area contributed by atoms with Gasteiger partial charge in [0.25, 0.3) is 0 Å². The van der Waals surface area contributed by atoms with Gasteiger partial charge in [-0.1, -0.05) is 43.3 Å². The van der Waals surface area contributed by atoms with Crippen LogP contribution in [0.15, 0.2) is 0 Å². The molecule has 7 heteroatoms. The first-order chi connectivity index (χ1) is 13.6. The lowest BCUT2D eigenvalue weighted by atomic mass is 10.1. The topological polar surface area (TPSA) is 30.9 Å². The van der Waals surface area contributed by atoms with Gasteiger partial charge in [-0.2, -0.15) is 0 Å². The Morgan fingerprint density at radius 3 is 1.59 bits per heavy atom. The van der Waals surface area contributed by atoms with E-state index in [9.17, 15) is 0 Å². The summed E-state index contributed by atoms with van der Waals surface area (Å²) in [6, 6.07) is 0.830. The maximum absolute atomic E-state index is 6.26. The van der Waals surface area contributed by atoms with E-state index in [0.717, 1.165) is 32.0 Å². The molecule has 0 aliphatic rings. The first-order valence-electron chi connectivity index (χ1n) is 11.6. The van der Waals surface area contributed by atoms with Crippen LogP contribution in [-0.2, 0) is 25.9 Å². The summed E-state index contributed by atoms with van der Waals surface area (Å²) in [6.07, 6.45) is 9.97. The van der Waals surface area contributed by atoms with E-state index in [0.29, 0.717) is 4.32 Å². The van der Waals surface area contributed by atoms with Crippen molar-refractivity contribution in [2.24, 2.45) is 0 Å². The van der Waals surface area contributed by atoms with Crippen LogP contribution >= 0.6 is 12.2 Å². The van der Waals surface area contributed by atoms with Gasteiger partial charge < -0.3 is 43.0 Å². The van der Waals surface area contributed by atoms with Gasteiger partial charge in [0.1, 0.15) is 0 Å². The molecular formula is C22H46NO3S2Si-. The van der Waals surface area contributed by atoms with E-state index in [2.05, 4.69) is 11.8 Å². The number of rotatable bonds is 18. The molecule has 0 rings (SSSR count).